The van der Waals surface area contributed by atoms with Gasteiger partial charge < -0.3 is 15.8 Å². The Labute approximate surface area is 96.3 Å². The van der Waals surface area contributed by atoms with E-state index < -0.39 is 11.2 Å². The van der Waals surface area contributed by atoms with Crippen LogP contribution in [0.1, 0.15) is 6.42 Å². The molecule has 0 atom stereocenters. The Hall–Kier alpha value is -2.08. The maximum atomic E-state index is 12.0. The summed E-state index contributed by atoms with van der Waals surface area (Å²) < 4.78 is 1.09. The van der Waals surface area contributed by atoms with Crippen molar-refractivity contribution in [2.75, 3.05) is 6.54 Å². The van der Waals surface area contributed by atoms with Gasteiger partial charge in [-0.25, -0.2) is 4.79 Å². The molecule has 0 spiro atoms. The fraction of sp³-hybridized carbons (Fsp3) is 0.273. The number of H-pyrrole nitrogens is 1. The fourth-order valence-electron chi connectivity index (χ4n) is 1.71. The van der Waals surface area contributed by atoms with Crippen LogP contribution >= 0.6 is 0 Å². The van der Waals surface area contributed by atoms with Crippen LogP contribution in [0.25, 0.3) is 10.9 Å². The van der Waals surface area contributed by atoms with Gasteiger partial charge in [-0.2, -0.15) is 0 Å². The third kappa shape index (κ3) is 1.94. The number of phenols is 1. The molecule has 6 heteroatoms. The minimum Gasteiger partial charge on any atom is -0.506 e. The van der Waals surface area contributed by atoms with E-state index in [1.165, 1.54) is 6.07 Å². The van der Waals surface area contributed by atoms with E-state index in [1.54, 1.807) is 12.1 Å². The first kappa shape index (κ1) is 11.4. The van der Waals surface area contributed by atoms with E-state index in [-0.39, 0.29) is 17.8 Å². The predicted octanol–water partition coefficient (Wildman–Crippen LogP) is -0.256. The van der Waals surface area contributed by atoms with E-state index in [9.17, 15) is 14.7 Å². The van der Waals surface area contributed by atoms with Gasteiger partial charge in [-0.05, 0) is 25.1 Å². The molecule has 0 aliphatic rings. The zero-order valence-electron chi connectivity index (χ0n) is 9.14. The largest absolute Gasteiger partial charge is 0.506 e. The van der Waals surface area contributed by atoms with Crippen molar-refractivity contribution >= 4 is 10.9 Å². The lowest BCUT2D eigenvalue weighted by Gasteiger charge is -2.06. The third-order valence-corrected chi connectivity index (χ3v) is 2.58. The fourth-order valence-corrected chi connectivity index (χ4v) is 1.71. The Morgan fingerprint density at radius 2 is 2.12 bits per heavy atom. The molecule has 90 valence electrons. The molecule has 2 rings (SSSR count). The lowest BCUT2D eigenvalue weighted by molar-refractivity contribution is 0.479. The molecular weight excluding hydrogens is 222 g/mol. The molecule has 0 saturated carbocycles. The number of phenolic OH excluding ortho intramolecular Hbond substituents is 1. The number of aromatic nitrogens is 2. The molecule has 17 heavy (non-hydrogen) atoms. The number of hydrogen-bond donors (Lipinski definition) is 3. The summed E-state index contributed by atoms with van der Waals surface area (Å²) >= 11 is 0. The summed E-state index contributed by atoms with van der Waals surface area (Å²) in [7, 11) is 0. The van der Waals surface area contributed by atoms with Gasteiger partial charge in [0.05, 0.1) is 10.9 Å². The number of fused-ring (bicyclic) bond motifs is 1. The number of hydrogen-bond acceptors (Lipinski definition) is 4. The van der Waals surface area contributed by atoms with Crippen LogP contribution in [0.4, 0.5) is 0 Å². The highest BCUT2D eigenvalue weighted by Gasteiger charge is 2.09. The molecular formula is C11H13N3O3. The van der Waals surface area contributed by atoms with Crippen LogP contribution in [-0.2, 0) is 6.54 Å². The van der Waals surface area contributed by atoms with Crippen LogP contribution in [0, 0.1) is 0 Å². The van der Waals surface area contributed by atoms with E-state index in [1.807, 2.05) is 0 Å². The zero-order chi connectivity index (χ0) is 12.4. The molecule has 0 bridgehead atoms. The first-order valence-corrected chi connectivity index (χ1v) is 5.30. The van der Waals surface area contributed by atoms with E-state index in [0.717, 1.165) is 4.57 Å². The Kier molecular flexibility index (Phi) is 2.97. The maximum Gasteiger partial charge on any atom is 0.328 e. The Bertz CT molecular complexity index is 657. The minimum absolute atomic E-state index is 0.109. The predicted molar refractivity (Wildman–Crippen MR) is 64.2 cm³/mol. The van der Waals surface area contributed by atoms with Crippen LogP contribution in [0.5, 0.6) is 5.75 Å². The van der Waals surface area contributed by atoms with Crippen molar-refractivity contribution in [3.05, 3.63) is 39.0 Å². The highest BCUT2D eigenvalue weighted by Crippen LogP contribution is 2.17. The van der Waals surface area contributed by atoms with Crippen molar-refractivity contribution in [3.63, 3.8) is 0 Å². The second-order valence-corrected chi connectivity index (χ2v) is 3.73. The highest BCUT2D eigenvalue weighted by atomic mass is 16.3. The molecule has 1 heterocycles. The van der Waals surface area contributed by atoms with Crippen molar-refractivity contribution in [3.8, 4) is 5.75 Å². The van der Waals surface area contributed by atoms with E-state index in [2.05, 4.69) is 4.98 Å². The number of benzene rings is 1. The first-order valence-electron chi connectivity index (χ1n) is 5.30. The van der Waals surface area contributed by atoms with Crippen molar-refractivity contribution < 1.29 is 5.11 Å². The number of aromatic hydroxyl groups is 1. The van der Waals surface area contributed by atoms with E-state index in [0.29, 0.717) is 18.4 Å². The second-order valence-electron chi connectivity index (χ2n) is 3.73. The summed E-state index contributed by atoms with van der Waals surface area (Å²) in [5, 5.41) is 9.84. The van der Waals surface area contributed by atoms with Crippen molar-refractivity contribution in [1.82, 2.24) is 9.55 Å². The normalized spacial score (nSPS) is 10.9. The van der Waals surface area contributed by atoms with Gasteiger partial charge in [0.15, 0.2) is 0 Å². The SMILES string of the molecule is NCCCn1c(=O)[nH]c2c(O)cccc2c1=O. The molecule has 0 radical (unpaired) electrons. The van der Waals surface area contributed by atoms with Crippen LogP contribution in [0.3, 0.4) is 0 Å². The summed E-state index contributed by atoms with van der Waals surface area (Å²) in [6, 6.07) is 4.54. The molecule has 0 saturated heterocycles. The molecule has 0 amide bonds. The quantitative estimate of drug-likeness (QED) is 0.682. The van der Waals surface area contributed by atoms with Crippen molar-refractivity contribution in [1.29, 1.82) is 0 Å². The minimum atomic E-state index is -0.530. The van der Waals surface area contributed by atoms with Gasteiger partial charge in [0.25, 0.3) is 5.56 Å². The molecule has 1 aromatic carbocycles. The first-order chi connectivity index (χ1) is 8.15. The standard InChI is InChI=1S/C11H13N3O3/c12-5-2-6-14-10(16)7-3-1-4-8(15)9(7)13-11(14)17/h1,3-4,15H,2,5-6,12H2,(H,13,17). The Balaban J connectivity index is 2.73. The van der Waals surface area contributed by atoms with Crippen LogP contribution < -0.4 is 17.0 Å². The average Bonchev–Trinajstić information content (AvgIpc) is 2.31. The van der Waals surface area contributed by atoms with Crippen LogP contribution in [0.2, 0.25) is 0 Å². The summed E-state index contributed by atoms with van der Waals surface area (Å²) in [5.74, 6) is -0.109. The number of nitrogens with zero attached hydrogens (tertiary/aromatic N) is 1. The molecule has 0 aliphatic heterocycles. The van der Waals surface area contributed by atoms with Gasteiger partial charge in [-0.1, -0.05) is 6.07 Å². The summed E-state index contributed by atoms with van der Waals surface area (Å²) in [6.45, 7) is 0.681. The lowest BCUT2D eigenvalue weighted by Crippen LogP contribution is -2.35. The summed E-state index contributed by atoms with van der Waals surface area (Å²) in [6.07, 6.45) is 0.549. The smallest absolute Gasteiger partial charge is 0.328 e. The average molecular weight is 235 g/mol. The van der Waals surface area contributed by atoms with E-state index >= 15 is 0 Å². The Morgan fingerprint density at radius 1 is 1.35 bits per heavy atom. The molecule has 4 N–H and O–H groups in total. The number of rotatable bonds is 3. The second kappa shape index (κ2) is 4.42. The van der Waals surface area contributed by atoms with Gasteiger partial charge in [0.2, 0.25) is 0 Å². The highest BCUT2D eigenvalue weighted by molar-refractivity contribution is 5.82. The number of nitrogens with two attached hydrogens (primary N) is 1. The van der Waals surface area contributed by atoms with Crippen molar-refractivity contribution in [2.45, 2.75) is 13.0 Å². The monoisotopic (exact) mass is 235 g/mol. The number of para-hydroxylation sites is 1. The van der Waals surface area contributed by atoms with Gasteiger partial charge in [0.1, 0.15) is 5.75 Å². The molecule has 0 aliphatic carbocycles. The Morgan fingerprint density at radius 3 is 2.82 bits per heavy atom. The van der Waals surface area contributed by atoms with Gasteiger partial charge in [-0.3, -0.25) is 9.36 Å². The lowest BCUT2D eigenvalue weighted by atomic mass is 10.2. The van der Waals surface area contributed by atoms with Crippen LogP contribution in [0.15, 0.2) is 27.8 Å². The summed E-state index contributed by atoms with van der Waals surface area (Å²) in [4.78, 5) is 26.2. The van der Waals surface area contributed by atoms with Gasteiger partial charge in [-0.15, -0.1) is 0 Å². The third-order valence-electron chi connectivity index (χ3n) is 2.58. The maximum absolute atomic E-state index is 12.0. The topological polar surface area (TPSA) is 101 Å². The molecule has 2 aromatic rings. The van der Waals surface area contributed by atoms with E-state index in [4.69, 9.17) is 5.73 Å². The number of nitrogens with one attached hydrogen (secondary N) is 1. The molecule has 0 fully saturated rings. The molecule has 1 aromatic heterocycles. The van der Waals surface area contributed by atoms with Gasteiger partial charge >= 0.3 is 5.69 Å². The molecule has 6 nitrogen and oxygen atoms in total. The van der Waals surface area contributed by atoms with Crippen molar-refractivity contribution in [2.24, 2.45) is 5.73 Å². The van der Waals surface area contributed by atoms with Crippen LogP contribution in [-0.4, -0.2) is 21.2 Å². The molecule has 0 unspecified atom stereocenters. The summed E-state index contributed by atoms with van der Waals surface area (Å²) in [5.41, 5.74) is 4.58. The number of aromatic amines is 1. The van der Waals surface area contributed by atoms with Gasteiger partial charge in [0, 0.05) is 6.54 Å². The zero-order valence-corrected chi connectivity index (χ0v) is 9.14.